The van der Waals surface area contributed by atoms with Crippen LogP contribution in [0.1, 0.15) is 23.1 Å². The summed E-state index contributed by atoms with van der Waals surface area (Å²) in [5.41, 5.74) is 5.41. The standard InChI is InChI=1S/C26H20O4/c27-20-11-9-14(13-22(20)29)26(19-10-12-21(28)24-23(19)25(24)30)17-7-3-1-5-15(17)16-6-2-4-8-18(16)26/h1-11,13,23-25,27,29-30H,12H2. The number of rotatable bonds is 2. The monoisotopic (exact) mass is 396 g/mol. The summed E-state index contributed by atoms with van der Waals surface area (Å²) in [4.78, 5) is 12.4. The van der Waals surface area contributed by atoms with Gasteiger partial charge in [0.15, 0.2) is 11.5 Å². The van der Waals surface area contributed by atoms with Crippen molar-refractivity contribution in [2.24, 2.45) is 11.8 Å². The lowest BCUT2D eigenvalue weighted by Crippen LogP contribution is -2.33. The third kappa shape index (κ3) is 2.01. The molecule has 1 fully saturated rings. The van der Waals surface area contributed by atoms with Crippen molar-refractivity contribution in [3.63, 3.8) is 0 Å². The van der Waals surface area contributed by atoms with Gasteiger partial charge in [0, 0.05) is 12.3 Å². The number of allylic oxidation sites excluding steroid dienone is 1. The van der Waals surface area contributed by atoms with Crippen LogP contribution in [0, 0.1) is 11.8 Å². The molecule has 6 rings (SSSR count). The van der Waals surface area contributed by atoms with Crippen LogP contribution in [0.5, 0.6) is 11.5 Å². The normalized spacial score (nSPS) is 25.2. The Labute approximate surface area is 173 Å². The van der Waals surface area contributed by atoms with Crippen molar-refractivity contribution in [3.05, 3.63) is 95.1 Å². The van der Waals surface area contributed by atoms with E-state index in [1.165, 1.54) is 6.07 Å². The zero-order valence-corrected chi connectivity index (χ0v) is 16.1. The highest BCUT2D eigenvalue weighted by Gasteiger charge is 2.63. The molecule has 0 heterocycles. The summed E-state index contributed by atoms with van der Waals surface area (Å²) >= 11 is 0. The van der Waals surface area contributed by atoms with Gasteiger partial charge in [-0.3, -0.25) is 4.79 Å². The third-order valence-corrected chi connectivity index (χ3v) is 7.03. The van der Waals surface area contributed by atoms with E-state index in [1.807, 2.05) is 36.4 Å². The Morgan fingerprint density at radius 2 is 1.43 bits per heavy atom. The molecule has 0 bridgehead atoms. The van der Waals surface area contributed by atoms with Gasteiger partial charge in [-0.1, -0.05) is 60.7 Å². The number of phenolic OH excluding ortho intramolecular Hbond substituents is 2. The average molecular weight is 396 g/mol. The second-order valence-electron chi connectivity index (χ2n) is 8.42. The quantitative estimate of drug-likeness (QED) is 0.453. The van der Waals surface area contributed by atoms with Crippen molar-refractivity contribution in [1.82, 2.24) is 0 Å². The Bertz CT molecular complexity index is 1210. The number of ketones is 1. The Hall–Kier alpha value is -3.37. The molecule has 0 saturated heterocycles. The molecular weight excluding hydrogens is 376 g/mol. The first-order valence-corrected chi connectivity index (χ1v) is 10.2. The van der Waals surface area contributed by atoms with Crippen molar-refractivity contribution in [1.29, 1.82) is 0 Å². The molecule has 3 unspecified atom stereocenters. The molecule has 0 aromatic heterocycles. The molecule has 0 aliphatic heterocycles. The highest BCUT2D eigenvalue weighted by molar-refractivity contribution is 5.92. The second kappa shape index (κ2) is 5.83. The molecule has 3 atom stereocenters. The molecule has 3 N–H and O–H groups in total. The fourth-order valence-corrected chi connectivity index (χ4v) is 5.73. The van der Waals surface area contributed by atoms with E-state index in [4.69, 9.17) is 0 Å². The lowest BCUT2D eigenvalue weighted by atomic mass is 9.64. The number of Topliss-reactive ketones (excluding diaryl/α,β-unsaturated/α-hetero) is 1. The van der Waals surface area contributed by atoms with E-state index in [9.17, 15) is 20.1 Å². The SMILES string of the molecule is O=C1CC=C(C2(c3ccc(O)c(O)c3)c3ccccc3-c3ccccc32)C2C(O)C12. The molecular formula is C26H20O4. The lowest BCUT2D eigenvalue weighted by Gasteiger charge is -2.37. The van der Waals surface area contributed by atoms with E-state index in [1.54, 1.807) is 6.07 Å². The zero-order valence-electron chi connectivity index (χ0n) is 16.1. The van der Waals surface area contributed by atoms with Gasteiger partial charge in [-0.15, -0.1) is 0 Å². The average Bonchev–Trinajstić information content (AvgIpc) is 3.35. The van der Waals surface area contributed by atoms with Crippen LogP contribution in [0.3, 0.4) is 0 Å². The molecule has 3 aromatic rings. The zero-order chi connectivity index (χ0) is 20.6. The highest BCUT2D eigenvalue weighted by atomic mass is 16.3. The van der Waals surface area contributed by atoms with Gasteiger partial charge in [0.25, 0.3) is 0 Å². The Balaban J connectivity index is 1.74. The summed E-state index contributed by atoms with van der Waals surface area (Å²) in [7, 11) is 0. The first kappa shape index (κ1) is 17.5. The van der Waals surface area contributed by atoms with Crippen LogP contribution >= 0.6 is 0 Å². The van der Waals surface area contributed by atoms with Crippen LogP contribution in [0.2, 0.25) is 0 Å². The molecule has 0 amide bonds. The van der Waals surface area contributed by atoms with Crippen molar-refractivity contribution < 1.29 is 20.1 Å². The summed E-state index contributed by atoms with van der Waals surface area (Å²) in [6, 6.07) is 21.3. The van der Waals surface area contributed by atoms with Crippen molar-refractivity contribution in [3.8, 4) is 22.6 Å². The molecule has 4 nitrogen and oxygen atoms in total. The minimum Gasteiger partial charge on any atom is -0.504 e. The van der Waals surface area contributed by atoms with Gasteiger partial charge < -0.3 is 15.3 Å². The summed E-state index contributed by atoms with van der Waals surface area (Å²) < 4.78 is 0. The summed E-state index contributed by atoms with van der Waals surface area (Å²) in [5, 5.41) is 31.0. The largest absolute Gasteiger partial charge is 0.504 e. The number of aliphatic hydroxyl groups excluding tert-OH is 1. The van der Waals surface area contributed by atoms with Gasteiger partial charge >= 0.3 is 0 Å². The van der Waals surface area contributed by atoms with Crippen LogP contribution in [-0.4, -0.2) is 27.2 Å². The van der Waals surface area contributed by atoms with Crippen molar-refractivity contribution in [2.45, 2.75) is 17.9 Å². The number of carbonyl (C=O) groups excluding carboxylic acids is 1. The summed E-state index contributed by atoms with van der Waals surface area (Å²) in [6.07, 6.45) is 1.60. The summed E-state index contributed by atoms with van der Waals surface area (Å²) in [5.74, 6) is -0.867. The van der Waals surface area contributed by atoms with E-state index in [2.05, 4.69) is 24.3 Å². The molecule has 4 heteroatoms. The van der Waals surface area contributed by atoms with Gasteiger partial charge in [0.1, 0.15) is 5.78 Å². The van der Waals surface area contributed by atoms with Crippen LogP contribution in [-0.2, 0) is 10.2 Å². The molecule has 3 aromatic carbocycles. The molecule has 148 valence electrons. The molecule has 0 spiro atoms. The van der Waals surface area contributed by atoms with Gasteiger partial charge in [0.2, 0.25) is 0 Å². The smallest absolute Gasteiger partial charge is 0.157 e. The Kier molecular flexibility index (Phi) is 3.40. The van der Waals surface area contributed by atoms with E-state index in [0.29, 0.717) is 6.42 Å². The fraction of sp³-hybridized carbons (Fsp3) is 0.192. The van der Waals surface area contributed by atoms with E-state index in [-0.39, 0.29) is 29.1 Å². The first-order chi connectivity index (χ1) is 14.5. The van der Waals surface area contributed by atoms with Gasteiger partial charge in [-0.05, 0) is 45.5 Å². The number of hydrogen-bond donors (Lipinski definition) is 3. The third-order valence-electron chi connectivity index (χ3n) is 7.03. The molecule has 1 saturated carbocycles. The Morgan fingerprint density at radius 1 is 0.800 bits per heavy atom. The predicted octanol–water partition coefficient (Wildman–Crippen LogP) is 3.92. The highest BCUT2D eigenvalue weighted by Crippen LogP contribution is 2.63. The number of benzene rings is 3. The number of phenols is 2. The van der Waals surface area contributed by atoms with Crippen LogP contribution in [0.15, 0.2) is 78.4 Å². The maximum absolute atomic E-state index is 12.4. The lowest BCUT2D eigenvalue weighted by molar-refractivity contribution is -0.120. The molecule has 3 aliphatic carbocycles. The Morgan fingerprint density at radius 3 is 2.07 bits per heavy atom. The van der Waals surface area contributed by atoms with E-state index in [0.717, 1.165) is 33.4 Å². The topological polar surface area (TPSA) is 77.8 Å². The number of fused-ring (bicyclic) bond motifs is 4. The molecule has 0 radical (unpaired) electrons. The summed E-state index contributed by atoms with van der Waals surface area (Å²) in [6.45, 7) is 0. The van der Waals surface area contributed by atoms with Crippen molar-refractivity contribution >= 4 is 5.78 Å². The van der Waals surface area contributed by atoms with Crippen LogP contribution in [0.4, 0.5) is 0 Å². The minimum absolute atomic E-state index is 0.0829. The van der Waals surface area contributed by atoms with Gasteiger partial charge in [-0.2, -0.15) is 0 Å². The van der Waals surface area contributed by atoms with Crippen molar-refractivity contribution in [2.75, 3.05) is 0 Å². The van der Waals surface area contributed by atoms with Gasteiger partial charge in [-0.25, -0.2) is 0 Å². The number of aromatic hydroxyl groups is 2. The maximum Gasteiger partial charge on any atom is 0.157 e. The first-order valence-electron chi connectivity index (χ1n) is 10.2. The van der Waals surface area contributed by atoms with E-state index < -0.39 is 11.5 Å². The van der Waals surface area contributed by atoms with Gasteiger partial charge in [0.05, 0.1) is 17.4 Å². The second-order valence-corrected chi connectivity index (χ2v) is 8.42. The molecule has 30 heavy (non-hydrogen) atoms. The maximum atomic E-state index is 12.4. The number of hydrogen-bond acceptors (Lipinski definition) is 4. The minimum atomic E-state index is -0.737. The number of carbonyl (C=O) groups is 1. The fourth-order valence-electron chi connectivity index (χ4n) is 5.73. The predicted molar refractivity (Wildman–Crippen MR) is 112 cm³/mol. The van der Waals surface area contributed by atoms with E-state index >= 15 is 0 Å². The van der Waals surface area contributed by atoms with Crippen LogP contribution in [0.25, 0.3) is 11.1 Å². The number of aliphatic hydroxyl groups is 1. The van der Waals surface area contributed by atoms with Crippen LogP contribution < -0.4 is 0 Å². The molecule has 3 aliphatic rings.